The number of carbonyl (C=O) groups is 2. The van der Waals surface area contributed by atoms with Gasteiger partial charge in [-0.3, -0.25) is 14.5 Å². The van der Waals surface area contributed by atoms with Gasteiger partial charge in [-0.1, -0.05) is 52.5 Å². The second-order valence-corrected chi connectivity index (χ2v) is 12.5. The number of hydrogen-bond donors (Lipinski definition) is 1. The molecule has 2 aliphatic heterocycles. The summed E-state index contributed by atoms with van der Waals surface area (Å²) < 4.78 is 0. The monoisotopic (exact) mass is 619 g/mol. The average Bonchev–Trinajstić information content (AvgIpc) is 2.83. The lowest BCUT2D eigenvalue weighted by atomic mass is 9.93. The van der Waals surface area contributed by atoms with Crippen LogP contribution in [0.1, 0.15) is 35.2 Å². The number of carboxylic acid groups (broad SMARTS) is 1. The fourth-order valence-electron chi connectivity index (χ4n) is 4.68. The van der Waals surface area contributed by atoms with E-state index in [0.717, 1.165) is 38.5 Å². The molecular weight excluding hydrogens is 588 g/mol. The van der Waals surface area contributed by atoms with Gasteiger partial charge in [0.05, 0.1) is 10.0 Å². The Morgan fingerprint density at radius 1 is 1.03 bits per heavy atom. The number of carbonyl (C=O) groups excluding carboxylic acids is 1. The third-order valence-electron chi connectivity index (χ3n) is 6.66. The van der Waals surface area contributed by atoms with E-state index in [0.29, 0.717) is 38.2 Å². The Balaban J connectivity index is 0.000000934. The van der Waals surface area contributed by atoms with E-state index in [9.17, 15) is 4.79 Å². The van der Waals surface area contributed by atoms with E-state index in [1.807, 2.05) is 25.2 Å². The highest BCUT2D eigenvalue weighted by Crippen LogP contribution is 2.30. The van der Waals surface area contributed by atoms with Crippen molar-refractivity contribution < 1.29 is 14.7 Å². The molecule has 2 saturated heterocycles. The molecule has 1 N–H and O–H groups in total. The zero-order valence-corrected chi connectivity index (χ0v) is 25.3. The molecular formula is C27H33Cl4N3O3S. The first-order chi connectivity index (χ1) is 18.0. The van der Waals surface area contributed by atoms with E-state index in [1.54, 1.807) is 23.1 Å². The van der Waals surface area contributed by atoms with Gasteiger partial charge in [0.25, 0.3) is 11.9 Å². The molecule has 1 atom stereocenters. The normalized spacial score (nSPS) is 17.2. The molecule has 2 aromatic carbocycles. The minimum atomic E-state index is -0.833. The van der Waals surface area contributed by atoms with E-state index in [-0.39, 0.29) is 11.8 Å². The maximum absolute atomic E-state index is 13.1. The third-order valence-corrected chi connectivity index (χ3v) is 8.78. The van der Waals surface area contributed by atoms with Crippen molar-refractivity contribution in [2.45, 2.75) is 25.3 Å². The van der Waals surface area contributed by atoms with E-state index in [2.05, 4.69) is 21.6 Å². The van der Waals surface area contributed by atoms with Crippen molar-refractivity contribution in [2.75, 3.05) is 57.8 Å². The number of rotatable bonds is 8. The first-order valence-corrected chi connectivity index (χ1v) is 15.1. The highest BCUT2D eigenvalue weighted by molar-refractivity contribution is 7.99. The van der Waals surface area contributed by atoms with Crippen LogP contribution in [-0.4, -0.2) is 95.5 Å². The number of nitrogens with zero attached hydrogens (tertiary/aromatic N) is 3. The molecule has 0 bridgehead atoms. The fourth-order valence-corrected chi connectivity index (χ4v) is 6.44. The average molecular weight is 621 g/mol. The van der Waals surface area contributed by atoms with Gasteiger partial charge in [-0.2, -0.15) is 11.8 Å². The molecule has 208 valence electrons. The molecule has 0 radical (unpaired) electrons. The molecule has 0 saturated carbocycles. The number of carboxylic acids is 1. The zero-order valence-electron chi connectivity index (χ0n) is 21.5. The van der Waals surface area contributed by atoms with Gasteiger partial charge in [-0.25, -0.2) is 0 Å². The van der Waals surface area contributed by atoms with Gasteiger partial charge < -0.3 is 14.9 Å². The molecule has 2 aromatic rings. The molecule has 0 aliphatic carbocycles. The molecule has 4 rings (SSSR count). The SMILES string of the molecule is CC(=O)O.CN(C[C@@H](CCN1CC(N2CCSCC2)C1)c1ccc(Cl)c(Cl)c1)C(=O)c1cc(Cl)cc(Cl)c1. The lowest BCUT2D eigenvalue weighted by Gasteiger charge is -2.47. The zero-order chi connectivity index (χ0) is 27.8. The summed E-state index contributed by atoms with van der Waals surface area (Å²) in [5, 5.41) is 9.38. The Labute approximate surface area is 249 Å². The predicted molar refractivity (Wildman–Crippen MR) is 160 cm³/mol. The Morgan fingerprint density at radius 2 is 1.63 bits per heavy atom. The van der Waals surface area contributed by atoms with Crippen molar-refractivity contribution in [1.29, 1.82) is 0 Å². The van der Waals surface area contributed by atoms with Crippen LogP contribution in [0.25, 0.3) is 0 Å². The summed E-state index contributed by atoms with van der Waals surface area (Å²) in [6.45, 7) is 7.27. The third kappa shape index (κ3) is 9.47. The highest BCUT2D eigenvalue weighted by Gasteiger charge is 2.32. The summed E-state index contributed by atoms with van der Waals surface area (Å²) in [6, 6.07) is 11.4. The Morgan fingerprint density at radius 3 is 2.21 bits per heavy atom. The molecule has 2 fully saturated rings. The fraction of sp³-hybridized carbons (Fsp3) is 0.481. The number of amides is 1. The largest absolute Gasteiger partial charge is 0.481 e. The topological polar surface area (TPSA) is 64.1 Å². The van der Waals surface area contributed by atoms with Crippen LogP contribution in [0.3, 0.4) is 0 Å². The molecule has 2 aliphatic rings. The van der Waals surface area contributed by atoms with E-state index < -0.39 is 5.97 Å². The molecule has 38 heavy (non-hydrogen) atoms. The van der Waals surface area contributed by atoms with Crippen LogP contribution in [0.15, 0.2) is 36.4 Å². The maximum Gasteiger partial charge on any atom is 0.300 e. The number of aliphatic carboxylic acids is 1. The minimum absolute atomic E-state index is 0.110. The van der Waals surface area contributed by atoms with E-state index >= 15 is 0 Å². The quantitative estimate of drug-likeness (QED) is 0.370. The van der Waals surface area contributed by atoms with Crippen molar-refractivity contribution in [3.8, 4) is 0 Å². The molecule has 0 aromatic heterocycles. The van der Waals surface area contributed by atoms with Crippen molar-refractivity contribution in [3.63, 3.8) is 0 Å². The second kappa shape index (κ2) is 15.0. The van der Waals surface area contributed by atoms with Crippen molar-refractivity contribution in [3.05, 3.63) is 67.6 Å². The summed E-state index contributed by atoms with van der Waals surface area (Å²) in [5.41, 5.74) is 1.57. The van der Waals surface area contributed by atoms with E-state index in [4.69, 9.17) is 56.3 Å². The highest BCUT2D eigenvalue weighted by atomic mass is 35.5. The number of halogens is 4. The van der Waals surface area contributed by atoms with Gasteiger partial charge in [0.1, 0.15) is 0 Å². The molecule has 6 nitrogen and oxygen atoms in total. The summed E-state index contributed by atoms with van der Waals surface area (Å²) in [5.74, 6) is 1.67. The predicted octanol–water partition coefficient (Wildman–Crippen LogP) is 6.37. The van der Waals surface area contributed by atoms with Crippen LogP contribution in [-0.2, 0) is 4.79 Å². The van der Waals surface area contributed by atoms with Crippen molar-refractivity contribution in [2.24, 2.45) is 0 Å². The van der Waals surface area contributed by atoms with Crippen LogP contribution < -0.4 is 0 Å². The summed E-state index contributed by atoms with van der Waals surface area (Å²) in [4.78, 5) is 29.0. The van der Waals surface area contributed by atoms with Gasteiger partial charge in [0.2, 0.25) is 0 Å². The maximum atomic E-state index is 13.1. The minimum Gasteiger partial charge on any atom is -0.481 e. The van der Waals surface area contributed by atoms with Gasteiger partial charge >= 0.3 is 0 Å². The van der Waals surface area contributed by atoms with Crippen molar-refractivity contribution >= 4 is 70.0 Å². The molecule has 11 heteroatoms. The van der Waals surface area contributed by atoms with Crippen LogP contribution in [0.2, 0.25) is 20.1 Å². The number of benzene rings is 2. The lowest BCUT2D eigenvalue weighted by molar-refractivity contribution is -0.134. The van der Waals surface area contributed by atoms with Gasteiger partial charge in [0.15, 0.2) is 0 Å². The smallest absolute Gasteiger partial charge is 0.300 e. The summed E-state index contributed by atoms with van der Waals surface area (Å²) in [7, 11) is 1.82. The van der Waals surface area contributed by atoms with Crippen molar-refractivity contribution in [1.82, 2.24) is 14.7 Å². The van der Waals surface area contributed by atoms with Crippen LogP contribution in [0, 0.1) is 0 Å². The number of thioether (sulfide) groups is 1. The first kappa shape index (κ1) is 31.3. The Hall–Kier alpha value is -1.19. The molecule has 0 unspecified atom stereocenters. The standard InChI is InChI=1S/C25H29Cl4N3OS.C2H4O2/c1-30(25(33)19-10-20(26)13-21(27)11-19)14-18(17-2-3-23(28)24(29)12-17)4-5-31-15-22(16-31)32-6-8-34-9-7-32;1-2(3)4/h2-3,10-13,18,22H,4-9,14-16H2,1H3;1H3,(H,3,4)/t18-;/m1./s1. The van der Waals surface area contributed by atoms with Gasteiger partial charge in [-0.05, 0) is 48.9 Å². The molecule has 1 amide bonds. The summed E-state index contributed by atoms with van der Waals surface area (Å²) in [6.07, 6.45) is 0.925. The van der Waals surface area contributed by atoms with Gasteiger partial charge in [0, 0.05) is 85.8 Å². The lowest BCUT2D eigenvalue weighted by Crippen LogP contribution is -2.61. The molecule has 0 spiro atoms. The number of hydrogen-bond acceptors (Lipinski definition) is 5. The molecule has 2 heterocycles. The Kier molecular flexibility index (Phi) is 12.4. The van der Waals surface area contributed by atoms with Crippen LogP contribution in [0.5, 0.6) is 0 Å². The van der Waals surface area contributed by atoms with Gasteiger partial charge in [-0.15, -0.1) is 0 Å². The number of likely N-dealkylation sites (N-methyl/N-ethyl adjacent to an activating group) is 1. The van der Waals surface area contributed by atoms with E-state index in [1.165, 1.54) is 24.6 Å². The first-order valence-electron chi connectivity index (χ1n) is 12.4. The number of likely N-dealkylation sites (tertiary alicyclic amines) is 1. The van der Waals surface area contributed by atoms with Crippen LogP contribution >= 0.6 is 58.2 Å². The Bertz CT molecular complexity index is 1090. The van der Waals surface area contributed by atoms with Crippen LogP contribution in [0.4, 0.5) is 0 Å². The second-order valence-electron chi connectivity index (χ2n) is 9.58. The summed E-state index contributed by atoms with van der Waals surface area (Å²) >= 11 is 26.8.